The molecule has 20 heavy (non-hydrogen) atoms. The highest BCUT2D eigenvalue weighted by Gasteiger charge is 2.33. The van der Waals surface area contributed by atoms with Gasteiger partial charge in [0.1, 0.15) is 5.41 Å². The molecule has 0 N–H and O–H groups in total. The van der Waals surface area contributed by atoms with Gasteiger partial charge in [-0.25, -0.2) is 0 Å². The molecule has 1 aliphatic rings. The molecule has 0 atom stereocenters. The quantitative estimate of drug-likeness (QED) is 0.841. The van der Waals surface area contributed by atoms with E-state index in [9.17, 15) is 4.79 Å². The first kappa shape index (κ1) is 14.7. The van der Waals surface area contributed by atoms with Crippen molar-refractivity contribution in [1.82, 2.24) is 4.90 Å². The maximum Gasteiger partial charge on any atom is 0.242 e. The van der Waals surface area contributed by atoms with E-state index in [1.807, 2.05) is 24.3 Å². The summed E-state index contributed by atoms with van der Waals surface area (Å²) in [4.78, 5) is 16.2. The Labute approximate surface area is 124 Å². The third-order valence-corrected chi connectivity index (χ3v) is 3.82. The largest absolute Gasteiger partial charge is 0.368 e. The van der Waals surface area contributed by atoms with Crippen molar-refractivity contribution in [2.75, 3.05) is 31.1 Å². The van der Waals surface area contributed by atoms with Crippen LogP contribution < -0.4 is 4.90 Å². The van der Waals surface area contributed by atoms with Gasteiger partial charge >= 0.3 is 0 Å². The van der Waals surface area contributed by atoms with Crippen LogP contribution >= 0.6 is 11.6 Å². The number of nitriles is 1. The van der Waals surface area contributed by atoms with Crippen LogP contribution in [0.2, 0.25) is 5.02 Å². The fourth-order valence-electron chi connectivity index (χ4n) is 2.26. The highest BCUT2D eigenvalue weighted by atomic mass is 35.5. The highest BCUT2D eigenvalue weighted by Crippen LogP contribution is 2.22. The lowest BCUT2D eigenvalue weighted by Gasteiger charge is -2.38. The molecule has 2 rings (SSSR count). The van der Waals surface area contributed by atoms with Crippen molar-refractivity contribution >= 4 is 23.2 Å². The number of hydrogen-bond donors (Lipinski definition) is 0. The Kier molecular flexibility index (Phi) is 4.20. The molecule has 0 aromatic heterocycles. The molecule has 0 radical (unpaired) electrons. The van der Waals surface area contributed by atoms with E-state index >= 15 is 0 Å². The summed E-state index contributed by atoms with van der Waals surface area (Å²) in [7, 11) is 0. The van der Waals surface area contributed by atoms with Gasteiger partial charge in [-0.3, -0.25) is 4.79 Å². The van der Waals surface area contributed by atoms with E-state index in [1.165, 1.54) is 0 Å². The number of piperazine rings is 1. The standard InChI is InChI=1S/C15H18ClN3O/c1-15(2,11-17)14(20)19-9-7-18(8-10-19)13-5-3-12(16)4-6-13/h3-6H,7-10H2,1-2H3. The lowest BCUT2D eigenvalue weighted by Crippen LogP contribution is -2.52. The SMILES string of the molecule is CC(C)(C#N)C(=O)N1CCN(c2ccc(Cl)cc2)CC1. The van der Waals surface area contributed by atoms with Crippen molar-refractivity contribution in [3.63, 3.8) is 0 Å². The molecule has 1 amide bonds. The van der Waals surface area contributed by atoms with E-state index in [0.717, 1.165) is 23.8 Å². The van der Waals surface area contributed by atoms with Gasteiger partial charge in [0.25, 0.3) is 0 Å². The van der Waals surface area contributed by atoms with Crippen LogP contribution in [0.5, 0.6) is 0 Å². The van der Waals surface area contributed by atoms with Crippen LogP contribution in [-0.4, -0.2) is 37.0 Å². The van der Waals surface area contributed by atoms with Crippen LogP contribution in [0.1, 0.15) is 13.8 Å². The number of nitrogens with zero attached hydrogens (tertiary/aromatic N) is 3. The number of anilines is 1. The number of halogens is 1. The van der Waals surface area contributed by atoms with E-state index < -0.39 is 5.41 Å². The second-order valence-corrected chi connectivity index (χ2v) is 5.93. The lowest BCUT2D eigenvalue weighted by atomic mass is 9.93. The molecule has 1 heterocycles. The summed E-state index contributed by atoms with van der Waals surface area (Å²) >= 11 is 5.88. The molecule has 4 nitrogen and oxygen atoms in total. The zero-order valence-corrected chi connectivity index (χ0v) is 12.5. The predicted molar refractivity (Wildman–Crippen MR) is 79.6 cm³/mol. The van der Waals surface area contributed by atoms with E-state index in [-0.39, 0.29) is 5.91 Å². The van der Waals surface area contributed by atoms with Gasteiger partial charge in [-0.15, -0.1) is 0 Å². The Balaban J connectivity index is 1.98. The van der Waals surface area contributed by atoms with Crippen molar-refractivity contribution in [3.8, 4) is 6.07 Å². The minimum Gasteiger partial charge on any atom is -0.368 e. The monoisotopic (exact) mass is 291 g/mol. The minimum absolute atomic E-state index is 0.0873. The van der Waals surface area contributed by atoms with Crippen LogP contribution in [0.3, 0.4) is 0 Å². The summed E-state index contributed by atoms with van der Waals surface area (Å²) in [5, 5.41) is 9.75. The van der Waals surface area contributed by atoms with Gasteiger partial charge in [0.15, 0.2) is 0 Å². The van der Waals surface area contributed by atoms with E-state index in [1.54, 1.807) is 18.7 Å². The summed E-state index contributed by atoms with van der Waals surface area (Å²) in [6, 6.07) is 9.77. The van der Waals surface area contributed by atoms with Crippen LogP contribution in [0.4, 0.5) is 5.69 Å². The second kappa shape index (κ2) is 5.72. The molecule has 0 aliphatic carbocycles. The number of carbonyl (C=O) groups is 1. The second-order valence-electron chi connectivity index (χ2n) is 5.49. The normalized spacial score (nSPS) is 15.9. The molecule has 106 valence electrons. The fourth-order valence-corrected chi connectivity index (χ4v) is 2.39. The van der Waals surface area contributed by atoms with Crippen LogP contribution in [0.15, 0.2) is 24.3 Å². The third-order valence-electron chi connectivity index (χ3n) is 3.57. The Morgan fingerprint density at radius 2 is 1.75 bits per heavy atom. The maximum absolute atomic E-state index is 12.2. The zero-order valence-electron chi connectivity index (χ0n) is 11.8. The first-order valence-corrected chi connectivity index (χ1v) is 7.03. The van der Waals surface area contributed by atoms with Gasteiger partial charge in [0, 0.05) is 36.9 Å². The Bertz CT molecular complexity index is 525. The van der Waals surface area contributed by atoms with Crippen LogP contribution in [0.25, 0.3) is 0 Å². The van der Waals surface area contributed by atoms with Crippen molar-refractivity contribution < 1.29 is 4.79 Å². The Hall–Kier alpha value is -1.73. The van der Waals surface area contributed by atoms with Gasteiger partial charge in [0.05, 0.1) is 6.07 Å². The molecule has 1 aromatic rings. The molecule has 0 unspecified atom stereocenters. The summed E-state index contributed by atoms with van der Waals surface area (Å²) in [5.41, 5.74) is 0.170. The highest BCUT2D eigenvalue weighted by molar-refractivity contribution is 6.30. The number of amides is 1. The molecular formula is C15H18ClN3O. The van der Waals surface area contributed by atoms with Crippen molar-refractivity contribution in [1.29, 1.82) is 5.26 Å². The number of benzene rings is 1. The average Bonchev–Trinajstić information content (AvgIpc) is 2.47. The van der Waals surface area contributed by atoms with Crippen molar-refractivity contribution in [2.45, 2.75) is 13.8 Å². The van der Waals surface area contributed by atoms with E-state index in [2.05, 4.69) is 11.0 Å². The Morgan fingerprint density at radius 3 is 2.25 bits per heavy atom. The summed E-state index contributed by atoms with van der Waals surface area (Å²) in [6.07, 6.45) is 0. The molecular weight excluding hydrogens is 274 g/mol. The van der Waals surface area contributed by atoms with E-state index in [0.29, 0.717) is 13.1 Å². The van der Waals surface area contributed by atoms with E-state index in [4.69, 9.17) is 16.9 Å². The van der Waals surface area contributed by atoms with Crippen molar-refractivity contribution in [2.24, 2.45) is 5.41 Å². The first-order valence-electron chi connectivity index (χ1n) is 6.65. The zero-order chi connectivity index (χ0) is 14.8. The summed E-state index contributed by atoms with van der Waals surface area (Å²) in [5.74, 6) is -0.0873. The Morgan fingerprint density at radius 1 is 1.20 bits per heavy atom. The molecule has 5 heteroatoms. The molecule has 0 spiro atoms. The van der Waals surface area contributed by atoms with Gasteiger partial charge in [-0.1, -0.05) is 11.6 Å². The molecule has 1 aromatic carbocycles. The topological polar surface area (TPSA) is 47.3 Å². The minimum atomic E-state index is -0.942. The lowest BCUT2D eigenvalue weighted by molar-refractivity contribution is -0.137. The third kappa shape index (κ3) is 3.05. The fraction of sp³-hybridized carbons (Fsp3) is 0.467. The predicted octanol–water partition coefficient (Wildman–Crippen LogP) is 2.54. The summed E-state index contributed by atoms with van der Waals surface area (Å²) in [6.45, 7) is 6.17. The smallest absolute Gasteiger partial charge is 0.242 e. The van der Waals surface area contributed by atoms with Crippen LogP contribution in [0, 0.1) is 16.7 Å². The van der Waals surface area contributed by atoms with Crippen LogP contribution in [-0.2, 0) is 4.79 Å². The molecule has 1 fully saturated rings. The molecule has 1 saturated heterocycles. The molecule has 0 saturated carbocycles. The van der Waals surface area contributed by atoms with Gasteiger partial charge in [0.2, 0.25) is 5.91 Å². The molecule has 1 aliphatic heterocycles. The van der Waals surface area contributed by atoms with Gasteiger partial charge in [-0.2, -0.15) is 5.26 Å². The molecule has 0 bridgehead atoms. The first-order chi connectivity index (χ1) is 9.44. The summed E-state index contributed by atoms with van der Waals surface area (Å²) < 4.78 is 0. The van der Waals surface area contributed by atoms with Gasteiger partial charge < -0.3 is 9.80 Å². The van der Waals surface area contributed by atoms with Crippen molar-refractivity contribution in [3.05, 3.63) is 29.3 Å². The number of carbonyl (C=O) groups excluding carboxylic acids is 1. The number of rotatable bonds is 2. The van der Waals surface area contributed by atoms with Gasteiger partial charge in [-0.05, 0) is 38.1 Å². The maximum atomic E-state index is 12.2. The number of hydrogen-bond acceptors (Lipinski definition) is 3. The average molecular weight is 292 g/mol.